The van der Waals surface area contributed by atoms with Crippen LogP contribution in [0.1, 0.15) is 22.4 Å². The molecule has 1 heterocycles. The molecule has 0 amide bonds. The molecule has 2 aromatic rings. The summed E-state index contributed by atoms with van der Waals surface area (Å²) < 4.78 is 37.6. The largest absolute Gasteiger partial charge is 0.416 e. The highest BCUT2D eigenvalue weighted by Gasteiger charge is 2.30. The van der Waals surface area contributed by atoms with Gasteiger partial charge in [0.25, 0.3) is 5.56 Å². The Morgan fingerprint density at radius 3 is 2.50 bits per heavy atom. The van der Waals surface area contributed by atoms with Gasteiger partial charge in [0.05, 0.1) is 5.56 Å². The van der Waals surface area contributed by atoms with Crippen LogP contribution in [0.2, 0.25) is 0 Å². The maximum absolute atomic E-state index is 12.5. The minimum Gasteiger partial charge on any atom is -0.302 e. The van der Waals surface area contributed by atoms with Crippen molar-refractivity contribution in [2.24, 2.45) is 0 Å². The van der Waals surface area contributed by atoms with Crippen molar-refractivity contribution in [1.29, 1.82) is 0 Å². The maximum atomic E-state index is 12.5. The molecule has 3 nitrogen and oxygen atoms in total. The number of nitrogens with one attached hydrogen (secondary N) is 2. The average Bonchev–Trinajstić information content (AvgIpc) is 2.60. The summed E-state index contributed by atoms with van der Waals surface area (Å²) in [5.41, 5.74) is 0.541. The fourth-order valence-corrected chi connectivity index (χ4v) is 1.75. The summed E-state index contributed by atoms with van der Waals surface area (Å²) in [7, 11) is 0. The first-order chi connectivity index (χ1) is 8.38. The lowest BCUT2D eigenvalue weighted by molar-refractivity contribution is -0.137. The van der Waals surface area contributed by atoms with Crippen LogP contribution >= 0.6 is 0 Å². The quantitative estimate of drug-likeness (QED) is 0.852. The summed E-state index contributed by atoms with van der Waals surface area (Å²) >= 11 is 0. The van der Waals surface area contributed by atoms with Gasteiger partial charge < -0.3 is 5.10 Å². The van der Waals surface area contributed by atoms with Gasteiger partial charge in [0.1, 0.15) is 0 Å². The van der Waals surface area contributed by atoms with Crippen LogP contribution in [0.15, 0.2) is 29.1 Å². The van der Waals surface area contributed by atoms with Gasteiger partial charge in [-0.05, 0) is 18.6 Å². The first-order valence-electron chi connectivity index (χ1n) is 5.30. The molecular formula is C12H11F3N2O. The van der Waals surface area contributed by atoms with Crippen molar-refractivity contribution in [3.63, 3.8) is 0 Å². The van der Waals surface area contributed by atoms with E-state index in [1.54, 1.807) is 13.0 Å². The Hall–Kier alpha value is -1.98. The predicted molar refractivity (Wildman–Crippen MR) is 60.4 cm³/mol. The molecular weight excluding hydrogens is 245 g/mol. The lowest BCUT2D eigenvalue weighted by Crippen LogP contribution is -2.09. The molecule has 2 N–H and O–H groups in total. The molecule has 0 saturated heterocycles. The van der Waals surface area contributed by atoms with Crippen LogP contribution in [0.4, 0.5) is 13.2 Å². The van der Waals surface area contributed by atoms with Gasteiger partial charge in [0.2, 0.25) is 0 Å². The van der Waals surface area contributed by atoms with Crippen molar-refractivity contribution < 1.29 is 13.2 Å². The summed E-state index contributed by atoms with van der Waals surface area (Å²) in [6, 6.07) is 4.99. The van der Waals surface area contributed by atoms with Crippen molar-refractivity contribution in [1.82, 2.24) is 10.2 Å². The number of aromatic amines is 2. The summed E-state index contributed by atoms with van der Waals surface area (Å²) in [4.78, 5) is 11.4. The zero-order valence-electron chi connectivity index (χ0n) is 9.56. The second kappa shape index (κ2) is 4.36. The molecule has 6 heteroatoms. The molecule has 1 aromatic carbocycles. The second-order valence-corrected chi connectivity index (χ2v) is 4.06. The van der Waals surface area contributed by atoms with Crippen LogP contribution in [0.5, 0.6) is 0 Å². The summed E-state index contributed by atoms with van der Waals surface area (Å²) in [5.74, 6) is 0. The molecule has 0 radical (unpaired) electrons. The van der Waals surface area contributed by atoms with Gasteiger partial charge in [-0.25, -0.2) is 0 Å². The van der Waals surface area contributed by atoms with E-state index in [2.05, 4.69) is 10.2 Å². The number of alkyl halides is 3. The van der Waals surface area contributed by atoms with Gasteiger partial charge in [-0.3, -0.25) is 9.89 Å². The normalized spacial score (nSPS) is 11.8. The highest BCUT2D eigenvalue weighted by molar-refractivity contribution is 5.31. The van der Waals surface area contributed by atoms with Gasteiger partial charge >= 0.3 is 6.18 Å². The maximum Gasteiger partial charge on any atom is 0.416 e. The third-order valence-corrected chi connectivity index (χ3v) is 2.73. The molecule has 2 rings (SSSR count). The van der Waals surface area contributed by atoms with Crippen molar-refractivity contribution in [3.05, 3.63) is 57.0 Å². The number of aryl methyl sites for hydroxylation is 1. The minimum atomic E-state index is -4.37. The number of hydrogen-bond acceptors (Lipinski definition) is 1. The first-order valence-corrected chi connectivity index (χ1v) is 5.30. The van der Waals surface area contributed by atoms with Crippen molar-refractivity contribution in [3.8, 4) is 0 Å². The number of hydrogen-bond donors (Lipinski definition) is 2. The van der Waals surface area contributed by atoms with Gasteiger partial charge in [-0.15, -0.1) is 0 Å². The Balaban J connectivity index is 2.34. The van der Waals surface area contributed by atoms with Gasteiger partial charge in [-0.2, -0.15) is 13.2 Å². The van der Waals surface area contributed by atoms with E-state index in [4.69, 9.17) is 0 Å². The number of benzene rings is 1. The molecule has 0 fully saturated rings. The van der Waals surface area contributed by atoms with Crippen LogP contribution in [0.25, 0.3) is 0 Å². The van der Waals surface area contributed by atoms with Crippen molar-refractivity contribution >= 4 is 0 Å². The van der Waals surface area contributed by atoms with E-state index in [1.165, 1.54) is 6.07 Å². The molecule has 0 spiro atoms. The lowest BCUT2D eigenvalue weighted by atomic mass is 10.0. The monoisotopic (exact) mass is 256 g/mol. The van der Waals surface area contributed by atoms with E-state index in [-0.39, 0.29) is 12.0 Å². The van der Waals surface area contributed by atoms with Crippen molar-refractivity contribution in [2.45, 2.75) is 19.5 Å². The highest BCUT2D eigenvalue weighted by atomic mass is 19.4. The molecule has 0 bridgehead atoms. The molecule has 18 heavy (non-hydrogen) atoms. The van der Waals surface area contributed by atoms with E-state index >= 15 is 0 Å². The van der Waals surface area contributed by atoms with Crippen LogP contribution in [-0.4, -0.2) is 10.2 Å². The predicted octanol–water partition coefficient (Wildman–Crippen LogP) is 2.62. The molecule has 0 saturated carbocycles. The fraction of sp³-hybridized carbons (Fsp3) is 0.250. The Kier molecular flexibility index (Phi) is 3.02. The SMILES string of the molecule is Cc1[nH][nH]c(=O)c1Cc1cccc(C(F)(F)F)c1. The molecule has 0 aliphatic carbocycles. The van der Waals surface area contributed by atoms with Gasteiger partial charge in [0, 0.05) is 17.7 Å². The van der Waals surface area contributed by atoms with E-state index < -0.39 is 11.7 Å². The zero-order chi connectivity index (χ0) is 13.3. The van der Waals surface area contributed by atoms with Gasteiger partial charge in [-0.1, -0.05) is 18.2 Å². The number of halogens is 3. The summed E-state index contributed by atoms with van der Waals surface area (Å²) in [6.45, 7) is 1.70. The summed E-state index contributed by atoms with van der Waals surface area (Å²) in [6.07, 6.45) is -4.19. The summed E-state index contributed by atoms with van der Waals surface area (Å²) in [5, 5.41) is 5.04. The van der Waals surface area contributed by atoms with E-state index in [9.17, 15) is 18.0 Å². The van der Waals surface area contributed by atoms with Crippen molar-refractivity contribution in [2.75, 3.05) is 0 Å². The fourth-order valence-electron chi connectivity index (χ4n) is 1.75. The highest BCUT2D eigenvalue weighted by Crippen LogP contribution is 2.29. The van der Waals surface area contributed by atoms with Gasteiger partial charge in [0.15, 0.2) is 0 Å². The minimum absolute atomic E-state index is 0.175. The molecule has 0 atom stereocenters. The van der Waals surface area contributed by atoms with E-state index in [0.29, 0.717) is 16.8 Å². The number of aromatic nitrogens is 2. The molecule has 96 valence electrons. The zero-order valence-corrected chi connectivity index (χ0v) is 9.56. The molecule has 1 aromatic heterocycles. The Labute approximate surface area is 101 Å². The number of H-pyrrole nitrogens is 2. The Morgan fingerprint density at radius 2 is 1.94 bits per heavy atom. The smallest absolute Gasteiger partial charge is 0.302 e. The Bertz CT molecular complexity index is 610. The van der Waals surface area contributed by atoms with Crippen LogP contribution in [0, 0.1) is 6.92 Å². The average molecular weight is 256 g/mol. The van der Waals surface area contributed by atoms with E-state index in [0.717, 1.165) is 12.1 Å². The van der Waals surface area contributed by atoms with Crippen LogP contribution in [0.3, 0.4) is 0 Å². The number of rotatable bonds is 2. The molecule has 0 aliphatic heterocycles. The lowest BCUT2D eigenvalue weighted by Gasteiger charge is -2.08. The third-order valence-electron chi connectivity index (χ3n) is 2.73. The van der Waals surface area contributed by atoms with Crippen LogP contribution < -0.4 is 5.56 Å². The second-order valence-electron chi connectivity index (χ2n) is 4.06. The third kappa shape index (κ3) is 2.47. The topological polar surface area (TPSA) is 48.6 Å². The molecule has 0 unspecified atom stereocenters. The first kappa shape index (κ1) is 12.5. The van der Waals surface area contributed by atoms with Crippen LogP contribution in [-0.2, 0) is 12.6 Å². The Morgan fingerprint density at radius 1 is 1.22 bits per heavy atom. The standard InChI is InChI=1S/C12H11F3N2O/c1-7-10(11(18)17-16-7)6-8-3-2-4-9(5-8)12(13,14)15/h2-5H,6H2,1H3,(H2,16,17,18). The molecule has 0 aliphatic rings. The van der Waals surface area contributed by atoms with E-state index in [1.807, 2.05) is 0 Å².